The van der Waals surface area contributed by atoms with E-state index >= 15 is 0 Å². The van der Waals surface area contributed by atoms with Gasteiger partial charge in [0.2, 0.25) is 0 Å². The van der Waals surface area contributed by atoms with Crippen LogP contribution in [-0.2, 0) is 0 Å². The molecule has 3 atom stereocenters. The summed E-state index contributed by atoms with van der Waals surface area (Å²) in [6.07, 6.45) is 9.05. The summed E-state index contributed by atoms with van der Waals surface area (Å²) < 4.78 is 0. The molecular formula is C18H16N2O2. The van der Waals surface area contributed by atoms with Gasteiger partial charge in [0.15, 0.2) is 0 Å². The Morgan fingerprint density at radius 2 is 2.05 bits per heavy atom. The van der Waals surface area contributed by atoms with E-state index in [1.807, 2.05) is 30.6 Å². The zero-order valence-electron chi connectivity index (χ0n) is 11.9. The first-order valence-electron chi connectivity index (χ1n) is 7.44. The summed E-state index contributed by atoms with van der Waals surface area (Å²) in [5.74, 6) is -0.190. The van der Waals surface area contributed by atoms with E-state index in [4.69, 9.17) is 0 Å². The van der Waals surface area contributed by atoms with E-state index in [9.17, 15) is 9.90 Å². The van der Waals surface area contributed by atoms with Gasteiger partial charge in [-0.25, -0.2) is 4.79 Å². The number of rotatable bonds is 2. The van der Waals surface area contributed by atoms with E-state index in [2.05, 4.69) is 22.5 Å². The van der Waals surface area contributed by atoms with Gasteiger partial charge >= 0.3 is 5.97 Å². The number of hydrogen-bond donors (Lipinski definition) is 2. The molecule has 0 spiro atoms. The van der Waals surface area contributed by atoms with Gasteiger partial charge in [0.1, 0.15) is 0 Å². The van der Waals surface area contributed by atoms with E-state index in [1.54, 1.807) is 12.1 Å². The number of carboxylic acids is 1. The third kappa shape index (κ3) is 1.99. The van der Waals surface area contributed by atoms with Gasteiger partial charge in [-0.1, -0.05) is 12.2 Å². The monoisotopic (exact) mass is 292 g/mol. The van der Waals surface area contributed by atoms with Crippen LogP contribution < -0.4 is 5.32 Å². The molecule has 2 aromatic rings. The average molecular weight is 292 g/mol. The quantitative estimate of drug-likeness (QED) is 0.830. The van der Waals surface area contributed by atoms with Gasteiger partial charge in [-0.2, -0.15) is 0 Å². The van der Waals surface area contributed by atoms with Crippen molar-refractivity contribution >= 4 is 11.7 Å². The largest absolute Gasteiger partial charge is 0.478 e. The molecule has 1 aliphatic carbocycles. The van der Waals surface area contributed by atoms with Gasteiger partial charge in [-0.05, 0) is 53.8 Å². The van der Waals surface area contributed by atoms with Crippen molar-refractivity contribution in [2.24, 2.45) is 5.92 Å². The fourth-order valence-corrected chi connectivity index (χ4v) is 3.63. The number of anilines is 1. The van der Waals surface area contributed by atoms with E-state index in [0.29, 0.717) is 11.5 Å². The lowest BCUT2D eigenvalue weighted by Gasteiger charge is -2.37. The third-order valence-electron chi connectivity index (χ3n) is 4.67. The average Bonchev–Trinajstić information content (AvgIpc) is 3.04. The number of aromatic carboxylic acids is 1. The van der Waals surface area contributed by atoms with Gasteiger partial charge in [0.25, 0.3) is 0 Å². The minimum atomic E-state index is -0.877. The Morgan fingerprint density at radius 3 is 2.82 bits per heavy atom. The number of allylic oxidation sites excluding steroid dienone is 2. The fourth-order valence-electron chi connectivity index (χ4n) is 3.63. The van der Waals surface area contributed by atoms with Crippen molar-refractivity contribution in [2.45, 2.75) is 18.4 Å². The van der Waals surface area contributed by atoms with E-state index in [0.717, 1.165) is 17.7 Å². The predicted octanol–water partition coefficient (Wildman–Crippen LogP) is 3.61. The van der Waals surface area contributed by atoms with Crippen molar-refractivity contribution in [1.82, 2.24) is 4.98 Å². The Morgan fingerprint density at radius 1 is 1.23 bits per heavy atom. The summed E-state index contributed by atoms with van der Waals surface area (Å²) in [5, 5.41) is 12.8. The van der Waals surface area contributed by atoms with Crippen molar-refractivity contribution in [1.29, 1.82) is 0 Å². The molecule has 2 heterocycles. The van der Waals surface area contributed by atoms with Crippen LogP contribution in [0.3, 0.4) is 0 Å². The van der Waals surface area contributed by atoms with E-state index in [1.165, 1.54) is 5.56 Å². The van der Waals surface area contributed by atoms with E-state index < -0.39 is 5.97 Å². The Labute approximate surface area is 128 Å². The molecule has 0 unspecified atom stereocenters. The van der Waals surface area contributed by atoms with Crippen molar-refractivity contribution in [3.05, 3.63) is 71.6 Å². The highest BCUT2D eigenvalue weighted by atomic mass is 16.4. The number of carbonyl (C=O) groups is 1. The molecule has 22 heavy (non-hydrogen) atoms. The van der Waals surface area contributed by atoms with Gasteiger partial charge in [-0.3, -0.25) is 4.98 Å². The maximum absolute atomic E-state index is 11.2. The zero-order chi connectivity index (χ0) is 15.1. The van der Waals surface area contributed by atoms with Crippen LogP contribution in [0.25, 0.3) is 0 Å². The minimum absolute atomic E-state index is 0.228. The Balaban J connectivity index is 1.79. The van der Waals surface area contributed by atoms with Crippen LogP contribution in [0, 0.1) is 5.92 Å². The molecule has 2 N–H and O–H groups in total. The second kappa shape index (κ2) is 4.98. The van der Waals surface area contributed by atoms with Gasteiger partial charge < -0.3 is 10.4 Å². The molecule has 4 rings (SSSR count). The van der Waals surface area contributed by atoms with Crippen LogP contribution in [0.2, 0.25) is 0 Å². The minimum Gasteiger partial charge on any atom is -0.478 e. The van der Waals surface area contributed by atoms with Crippen molar-refractivity contribution in [3.8, 4) is 0 Å². The molecule has 110 valence electrons. The van der Waals surface area contributed by atoms with Crippen molar-refractivity contribution in [3.63, 3.8) is 0 Å². The highest BCUT2D eigenvalue weighted by molar-refractivity contribution is 5.89. The highest BCUT2D eigenvalue weighted by Gasteiger charge is 2.38. The molecule has 0 saturated carbocycles. The molecule has 0 radical (unpaired) electrons. The molecule has 4 heteroatoms. The number of pyridine rings is 1. The lowest BCUT2D eigenvalue weighted by atomic mass is 9.77. The number of aromatic nitrogens is 1. The second-order valence-electron chi connectivity index (χ2n) is 5.86. The SMILES string of the molecule is O=C(O)c1ccc2c(c1)[C@@H]1C=CC[C@@H]1[C@H](c1ccncc1)N2. The molecule has 0 amide bonds. The maximum atomic E-state index is 11.2. The Bertz CT molecular complexity index is 755. The first kappa shape index (κ1) is 13.1. The first-order valence-corrected chi connectivity index (χ1v) is 7.44. The van der Waals surface area contributed by atoms with E-state index in [-0.39, 0.29) is 12.0 Å². The second-order valence-corrected chi connectivity index (χ2v) is 5.86. The third-order valence-corrected chi connectivity index (χ3v) is 4.67. The van der Waals surface area contributed by atoms with Crippen LogP contribution in [0.1, 0.15) is 39.9 Å². The Kier molecular flexibility index (Phi) is 2.96. The normalized spacial score (nSPS) is 25.2. The number of hydrogen-bond acceptors (Lipinski definition) is 3. The van der Waals surface area contributed by atoms with Crippen LogP contribution in [0.15, 0.2) is 54.9 Å². The molecule has 0 bridgehead atoms. The number of nitrogens with one attached hydrogen (secondary N) is 1. The molecule has 1 aliphatic heterocycles. The number of carboxylic acid groups (broad SMARTS) is 1. The van der Waals surface area contributed by atoms with Crippen LogP contribution >= 0.6 is 0 Å². The molecule has 1 aromatic carbocycles. The fraction of sp³-hybridized carbons (Fsp3) is 0.222. The van der Waals surface area contributed by atoms with Crippen LogP contribution in [0.5, 0.6) is 0 Å². The first-order chi connectivity index (χ1) is 10.7. The summed E-state index contributed by atoms with van der Waals surface area (Å²) in [6, 6.07) is 9.67. The van der Waals surface area contributed by atoms with Crippen LogP contribution in [-0.4, -0.2) is 16.1 Å². The lowest BCUT2D eigenvalue weighted by molar-refractivity contribution is 0.0696. The van der Waals surface area contributed by atoms with Gasteiger partial charge in [0.05, 0.1) is 11.6 Å². The molecular weight excluding hydrogens is 276 g/mol. The summed E-state index contributed by atoms with van der Waals surface area (Å²) in [4.78, 5) is 15.3. The molecule has 4 nitrogen and oxygen atoms in total. The standard InChI is InChI=1S/C18H16N2O2/c21-18(22)12-4-5-16-15(10-12)13-2-1-3-14(13)17(20-16)11-6-8-19-9-7-11/h1-2,4-10,13-14,17,20H,3H2,(H,21,22)/t13-,14+,17+/m1/s1. The zero-order valence-corrected chi connectivity index (χ0v) is 11.9. The summed E-state index contributed by atoms with van der Waals surface area (Å²) >= 11 is 0. The predicted molar refractivity (Wildman–Crippen MR) is 84.0 cm³/mol. The van der Waals surface area contributed by atoms with Gasteiger partial charge in [-0.15, -0.1) is 0 Å². The molecule has 1 aromatic heterocycles. The Hall–Kier alpha value is -2.62. The molecule has 0 saturated heterocycles. The summed E-state index contributed by atoms with van der Waals surface area (Å²) in [5.41, 5.74) is 3.69. The highest BCUT2D eigenvalue weighted by Crippen LogP contribution is 2.49. The smallest absolute Gasteiger partial charge is 0.335 e. The molecule has 0 fully saturated rings. The summed E-state index contributed by atoms with van der Waals surface area (Å²) in [6.45, 7) is 0. The maximum Gasteiger partial charge on any atom is 0.335 e. The van der Waals surface area contributed by atoms with Crippen LogP contribution in [0.4, 0.5) is 5.69 Å². The van der Waals surface area contributed by atoms with Gasteiger partial charge in [0, 0.05) is 24.0 Å². The number of fused-ring (bicyclic) bond motifs is 3. The number of nitrogens with zero attached hydrogens (tertiary/aromatic N) is 1. The van der Waals surface area contributed by atoms with Crippen molar-refractivity contribution < 1.29 is 9.90 Å². The topological polar surface area (TPSA) is 62.2 Å². The lowest BCUT2D eigenvalue weighted by Crippen LogP contribution is -2.29. The molecule has 2 aliphatic rings. The number of benzene rings is 1. The van der Waals surface area contributed by atoms with Crippen molar-refractivity contribution in [2.75, 3.05) is 5.32 Å². The summed E-state index contributed by atoms with van der Waals surface area (Å²) in [7, 11) is 0.